The number of methoxy groups -OCH3 is 2. The van der Waals surface area contributed by atoms with E-state index in [-0.39, 0.29) is 5.79 Å². The van der Waals surface area contributed by atoms with Crippen LogP contribution in [0.3, 0.4) is 0 Å². The number of fused-ring (bicyclic) bond motifs is 5. The molecule has 0 aromatic rings. The summed E-state index contributed by atoms with van der Waals surface area (Å²) in [4.78, 5) is 0. The molecule has 4 rings (SSSR count). The van der Waals surface area contributed by atoms with Gasteiger partial charge >= 0.3 is 0 Å². The van der Waals surface area contributed by atoms with Gasteiger partial charge in [0.15, 0.2) is 11.6 Å². The van der Waals surface area contributed by atoms with Gasteiger partial charge in [-0.2, -0.15) is 0 Å². The number of aliphatic hydroxyl groups is 1. The van der Waals surface area contributed by atoms with Crippen molar-refractivity contribution in [2.24, 2.45) is 40.4 Å². The number of allylic oxidation sites excluding steroid dienone is 2. The van der Waals surface area contributed by atoms with Gasteiger partial charge in [0.2, 0.25) is 0 Å². The Labute approximate surface area is 222 Å². The Hall–Kier alpha value is -0.420. The van der Waals surface area contributed by atoms with E-state index in [2.05, 4.69) is 44.6 Å². The van der Waals surface area contributed by atoms with Gasteiger partial charge in [-0.1, -0.05) is 52.2 Å². The molecule has 8 unspecified atom stereocenters. The average molecular weight is 507 g/mol. The predicted octanol–water partition coefficient (Wildman–Crippen LogP) is 8.13. The zero-order valence-corrected chi connectivity index (χ0v) is 24.9. The molecular weight excluding hydrogens is 448 g/mol. The summed E-state index contributed by atoms with van der Waals surface area (Å²) in [5.41, 5.74) is 0.911. The molecule has 8 atom stereocenters. The highest BCUT2D eigenvalue weighted by molar-refractivity contribution is 5.13. The van der Waals surface area contributed by atoms with Crippen LogP contribution in [0.15, 0.2) is 12.2 Å². The van der Waals surface area contributed by atoms with E-state index >= 15 is 0 Å². The van der Waals surface area contributed by atoms with Crippen LogP contribution in [0.2, 0.25) is 0 Å². The van der Waals surface area contributed by atoms with Crippen LogP contribution in [0.25, 0.3) is 0 Å². The fraction of sp³-hybridized carbons (Fsp3) is 0.938. The molecule has 0 spiro atoms. The zero-order chi connectivity index (χ0) is 26.6. The predicted molar refractivity (Wildman–Crippen MR) is 149 cm³/mol. The van der Waals surface area contributed by atoms with E-state index in [1.807, 2.05) is 7.11 Å². The number of ether oxygens (including phenoxy) is 3. The molecule has 0 aliphatic heterocycles. The molecule has 0 aromatic carbocycles. The molecule has 0 aromatic heterocycles. The lowest BCUT2D eigenvalue weighted by Gasteiger charge is -2.65. The first-order valence-corrected chi connectivity index (χ1v) is 15.1. The fourth-order valence-corrected chi connectivity index (χ4v) is 9.12. The van der Waals surface area contributed by atoms with Crippen LogP contribution in [0.5, 0.6) is 0 Å². The molecule has 0 bridgehead atoms. The Bertz CT molecular complexity index is 709. The first-order chi connectivity index (χ1) is 17.0. The second kappa shape index (κ2) is 12.2. The third kappa shape index (κ3) is 5.92. The van der Waals surface area contributed by atoms with E-state index in [4.69, 9.17) is 14.6 Å². The molecule has 0 amide bonds. The maximum atomic E-state index is 8.60. The van der Waals surface area contributed by atoms with Crippen molar-refractivity contribution in [3.63, 3.8) is 0 Å². The van der Waals surface area contributed by atoms with Gasteiger partial charge in [0, 0.05) is 33.2 Å². The van der Waals surface area contributed by atoms with Crippen molar-refractivity contribution in [1.82, 2.24) is 0 Å². The second-order valence-electron chi connectivity index (χ2n) is 13.3. The third-order valence-corrected chi connectivity index (χ3v) is 11.1. The van der Waals surface area contributed by atoms with E-state index in [1.165, 1.54) is 77.7 Å². The van der Waals surface area contributed by atoms with Gasteiger partial charge in [-0.05, 0) is 107 Å². The Morgan fingerprint density at radius 2 is 1.61 bits per heavy atom. The topological polar surface area (TPSA) is 47.9 Å². The van der Waals surface area contributed by atoms with Crippen molar-refractivity contribution in [3.8, 4) is 0 Å². The Balaban J connectivity index is 0.000000538. The van der Waals surface area contributed by atoms with Crippen molar-refractivity contribution in [3.05, 3.63) is 12.2 Å². The monoisotopic (exact) mass is 506 g/mol. The fourth-order valence-electron chi connectivity index (χ4n) is 9.12. The minimum Gasteiger partial charge on any atom is -0.366 e. The maximum Gasteiger partial charge on any atom is 0.171 e. The molecule has 4 nitrogen and oxygen atoms in total. The van der Waals surface area contributed by atoms with Crippen LogP contribution in [-0.4, -0.2) is 37.5 Å². The van der Waals surface area contributed by atoms with Crippen LogP contribution < -0.4 is 0 Å². The molecule has 0 heterocycles. The number of rotatable bonds is 8. The van der Waals surface area contributed by atoms with Crippen molar-refractivity contribution >= 4 is 0 Å². The van der Waals surface area contributed by atoms with Gasteiger partial charge in [0.25, 0.3) is 0 Å². The minimum atomic E-state index is -0.958. The van der Waals surface area contributed by atoms with Crippen LogP contribution in [0.4, 0.5) is 0 Å². The number of hydrogen-bond acceptors (Lipinski definition) is 4. The van der Waals surface area contributed by atoms with Gasteiger partial charge in [-0.25, -0.2) is 0 Å². The molecule has 4 aliphatic rings. The van der Waals surface area contributed by atoms with Crippen molar-refractivity contribution in [1.29, 1.82) is 0 Å². The highest BCUT2D eigenvalue weighted by atomic mass is 16.7. The Morgan fingerprint density at radius 1 is 0.917 bits per heavy atom. The summed E-state index contributed by atoms with van der Waals surface area (Å²) < 4.78 is 17.4. The van der Waals surface area contributed by atoms with Crippen molar-refractivity contribution in [2.45, 2.75) is 130 Å². The lowest BCUT2D eigenvalue weighted by molar-refractivity contribution is -0.326. The summed E-state index contributed by atoms with van der Waals surface area (Å²) in [6.45, 7) is 13.6. The average Bonchev–Trinajstić information content (AvgIpc) is 3.18. The molecule has 0 saturated heterocycles. The first kappa shape index (κ1) is 30.1. The smallest absolute Gasteiger partial charge is 0.171 e. The summed E-state index contributed by atoms with van der Waals surface area (Å²) in [7, 11) is 3.39. The molecule has 4 aliphatic carbocycles. The SMILES string of the molecule is CCC/C=C\CC1CCC2C3CC(OC)(OCC)C4CCCCC4(C)C3CCC12C.COC(C)(C)O. The number of hydrogen-bond donors (Lipinski definition) is 1. The molecule has 36 heavy (non-hydrogen) atoms. The summed E-state index contributed by atoms with van der Waals surface area (Å²) in [6.07, 6.45) is 21.0. The quantitative estimate of drug-likeness (QED) is 0.267. The standard InChI is InChI=1S/C28H48O2.C4H10O2/c1-6-8-9-10-13-21-15-16-23-22-20-28(29-5,30-7-2)25-14-11-12-18-27(25,4)24(22)17-19-26(21,23)3;1-4(2,5)6-3/h9-10,21-25H,6-8,11-20H2,1-5H3;5H,1-3H3/b10-9-;. The first-order valence-electron chi connectivity index (χ1n) is 15.1. The van der Waals surface area contributed by atoms with E-state index in [0.717, 1.165) is 36.7 Å². The molecule has 4 saturated carbocycles. The summed E-state index contributed by atoms with van der Waals surface area (Å²) in [5.74, 6) is 2.65. The molecule has 4 fully saturated rings. The molecular formula is C32H58O4. The molecule has 1 N–H and O–H groups in total. The summed E-state index contributed by atoms with van der Waals surface area (Å²) >= 11 is 0. The van der Waals surface area contributed by atoms with Crippen LogP contribution in [0, 0.1) is 40.4 Å². The minimum absolute atomic E-state index is 0.345. The van der Waals surface area contributed by atoms with Gasteiger partial charge in [0.1, 0.15) is 0 Å². The van der Waals surface area contributed by atoms with E-state index < -0.39 is 5.79 Å². The summed E-state index contributed by atoms with van der Waals surface area (Å²) in [6, 6.07) is 0. The van der Waals surface area contributed by atoms with Gasteiger partial charge < -0.3 is 19.3 Å². The van der Waals surface area contributed by atoms with E-state index in [0.29, 0.717) is 16.7 Å². The summed E-state index contributed by atoms with van der Waals surface area (Å²) in [5, 5.41) is 8.60. The highest BCUT2D eigenvalue weighted by Crippen LogP contribution is 2.70. The van der Waals surface area contributed by atoms with Crippen LogP contribution in [0.1, 0.15) is 119 Å². The van der Waals surface area contributed by atoms with Gasteiger partial charge in [-0.15, -0.1) is 0 Å². The highest BCUT2D eigenvalue weighted by Gasteiger charge is 2.65. The Morgan fingerprint density at radius 3 is 2.22 bits per heavy atom. The maximum absolute atomic E-state index is 8.60. The van der Waals surface area contributed by atoms with Crippen molar-refractivity contribution in [2.75, 3.05) is 20.8 Å². The molecule has 4 heteroatoms. The van der Waals surface area contributed by atoms with Crippen LogP contribution >= 0.6 is 0 Å². The van der Waals surface area contributed by atoms with Crippen molar-refractivity contribution < 1.29 is 19.3 Å². The molecule has 210 valence electrons. The van der Waals surface area contributed by atoms with Gasteiger partial charge in [0.05, 0.1) is 0 Å². The zero-order valence-electron chi connectivity index (χ0n) is 24.9. The van der Waals surface area contributed by atoms with Crippen LogP contribution in [-0.2, 0) is 14.2 Å². The Kier molecular flexibility index (Phi) is 10.2. The number of unbranched alkanes of at least 4 members (excludes halogenated alkanes) is 1. The second-order valence-corrected chi connectivity index (χ2v) is 13.3. The lowest BCUT2D eigenvalue weighted by atomic mass is 9.43. The van der Waals surface area contributed by atoms with E-state index in [1.54, 1.807) is 13.8 Å². The third-order valence-electron chi connectivity index (χ3n) is 11.1. The largest absolute Gasteiger partial charge is 0.366 e. The normalized spacial score (nSPS) is 42.3. The molecule has 0 radical (unpaired) electrons. The van der Waals surface area contributed by atoms with Gasteiger partial charge in [-0.3, -0.25) is 0 Å². The van der Waals surface area contributed by atoms with E-state index in [9.17, 15) is 0 Å². The lowest BCUT2D eigenvalue weighted by Crippen LogP contribution is -2.63.